The van der Waals surface area contributed by atoms with Crippen molar-refractivity contribution < 1.29 is 12.8 Å². The highest BCUT2D eigenvalue weighted by atomic mass is 79.9. The molecular formula is C9H12BrFN2O2S. The normalized spacial score (nSPS) is 14.1. The minimum atomic E-state index is -3.86. The van der Waals surface area contributed by atoms with Crippen LogP contribution in [0.5, 0.6) is 0 Å². The molecule has 1 aromatic rings. The van der Waals surface area contributed by atoms with Crippen LogP contribution >= 0.6 is 15.9 Å². The lowest BCUT2D eigenvalue weighted by Gasteiger charge is -2.21. The molecule has 0 saturated carbocycles. The average Bonchev–Trinajstić information content (AvgIpc) is 2.27. The van der Waals surface area contributed by atoms with Crippen molar-refractivity contribution in [2.45, 2.75) is 18.0 Å². The molecule has 1 rings (SSSR count). The Labute approximate surface area is 103 Å². The Balaban J connectivity index is 3.17. The molecule has 90 valence electrons. The summed E-state index contributed by atoms with van der Waals surface area (Å²) in [7, 11) is -2.47. The van der Waals surface area contributed by atoms with E-state index in [1.165, 1.54) is 19.3 Å². The lowest BCUT2D eigenvalue weighted by Crippen LogP contribution is -2.36. The van der Waals surface area contributed by atoms with Gasteiger partial charge in [0.05, 0.1) is 0 Å². The SMILES string of the molecule is CC(CBr)N(C)S(=O)(=O)c1ncccc1F. The second kappa shape index (κ2) is 5.20. The maximum absolute atomic E-state index is 13.3. The van der Waals surface area contributed by atoms with E-state index < -0.39 is 20.9 Å². The van der Waals surface area contributed by atoms with Gasteiger partial charge in [-0.25, -0.2) is 17.8 Å². The van der Waals surface area contributed by atoms with Crippen LogP contribution in [0.25, 0.3) is 0 Å². The first kappa shape index (κ1) is 13.5. The summed E-state index contributed by atoms with van der Waals surface area (Å²) in [5, 5.41) is -0.0673. The third-order valence-corrected chi connectivity index (χ3v) is 5.04. The van der Waals surface area contributed by atoms with Gasteiger partial charge in [0.15, 0.2) is 5.82 Å². The van der Waals surface area contributed by atoms with Gasteiger partial charge in [-0.05, 0) is 19.1 Å². The number of nitrogens with zero attached hydrogens (tertiary/aromatic N) is 2. The highest BCUT2D eigenvalue weighted by Gasteiger charge is 2.28. The van der Waals surface area contributed by atoms with E-state index in [9.17, 15) is 12.8 Å². The third kappa shape index (κ3) is 2.58. The van der Waals surface area contributed by atoms with E-state index in [1.807, 2.05) is 0 Å². The number of sulfonamides is 1. The van der Waals surface area contributed by atoms with Crippen LogP contribution in [0.2, 0.25) is 0 Å². The fourth-order valence-electron chi connectivity index (χ4n) is 1.03. The number of hydrogen-bond donors (Lipinski definition) is 0. The molecule has 0 amide bonds. The molecule has 0 aliphatic carbocycles. The summed E-state index contributed by atoms with van der Waals surface area (Å²) in [5.74, 6) is -0.837. The number of aromatic nitrogens is 1. The zero-order chi connectivity index (χ0) is 12.3. The molecule has 1 unspecified atom stereocenters. The molecule has 0 spiro atoms. The van der Waals surface area contributed by atoms with Gasteiger partial charge in [0.25, 0.3) is 10.0 Å². The van der Waals surface area contributed by atoms with E-state index >= 15 is 0 Å². The smallest absolute Gasteiger partial charge is 0.241 e. The van der Waals surface area contributed by atoms with E-state index in [1.54, 1.807) is 6.92 Å². The van der Waals surface area contributed by atoms with Crippen molar-refractivity contribution in [3.05, 3.63) is 24.1 Å². The predicted molar refractivity (Wildman–Crippen MR) is 62.4 cm³/mol. The lowest BCUT2D eigenvalue weighted by molar-refractivity contribution is 0.409. The Kier molecular flexibility index (Phi) is 4.40. The van der Waals surface area contributed by atoms with Crippen molar-refractivity contribution in [1.29, 1.82) is 0 Å². The van der Waals surface area contributed by atoms with Crippen LogP contribution in [0.1, 0.15) is 6.92 Å². The first-order valence-electron chi connectivity index (χ1n) is 4.55. The minimum absolute atomic E-state index is 0.272. The Bertz CT molecular complexity index is 466. The molecule has 0 bridgehead atoms. The third-order valence-electron chi connectivity index (χ3n) is 2.19. The van der Waals surface area contributed by atoms with Crippen LogP contribution in [-0.2, 0) is 10.0 Å². The van der Waals surface area contributed by atoms with Crippen LogP contribution in [0.3, 0.4) is 0 Å². The minimum Gasteiger partial charge on any atom is -0.241 e. The molecule has 0 aromatic carbocycles. The number of rotatable bonds is 4. The summed E-state index contributed by atoms with van der Waals surface area (Å²) < 4.78 is 38.3. The molecule has 0 saturated heterocycles. The van der Waals surface area contributed by atoms with E-state index in [0.717, 1.165) is 10.4 Å². The number of hydrogen-bond acceptors (Lipinski definition) is 3. The molecule has 1 heterocycles. The molecule has 4 nitrogen and oxygen atoms in total. The van der Waals surface area contributed by atoms with Crippen molar-refractivity contribution >= 4 is 26.0 Å². The Hall–Kier alpha value is -0.530. The van der Waals surface area contributed by atoms with Gasteiger partial charge in [-0.1, -0.05) is 15.9 Å². The van der Waals surface area contributed by atoms with Crippen LogP contribution in [0.15, 0.2) is 23.4 Å². The molecule has 0 aliphatic heterocycles. The van der Waals surface area contributed by atoms with Crippen molar-refractivity contribution in [3.8, 4) is 0 Å². The van der Waals surface area contributed by atoms with Gasteiger partial charge in [0, 0.05) is 24.6 Å². The first-order valence-corrected chi connectivity index (χ1v) is 7.12. The quantitative estimate of drug-likeness (QED) is 0.794. The van der Waals surface area contributed by atoms with Crippen LogP contribution in [0, 0.1) is 5.82 Å². The summed E-state index contributed by atoms with van der Waals surface area (Å²) in [6.07, 6.45) is 1.25. The zero-order valence-electron chi connectivity index (χ0n) is 8.89. The van der Waals surface area contributed by atoms with Gasteiger partial charge >= 0.3 is 0 Å². The van der Waals surface area contributed by atoms with Crippen molar-refractivity contribution in [3.63, 3.8) is 0 Å². The maximum atomic E-state index is 13.3. The highest BCUT2D eigenvalue weighted by Crippen LogP contribution is 2.17. The maximum Gasteiger partial charge on any atom is 0.263 e. The second-order valence-corrected chi connectivity index (χ2v) is 5.88. The molecule has 16 heavy (non-hydrogen) atoms. The van der Waals surface area contributed by atoms with E-state index in [-0.39, 0.29) is 6.04 Å². The fourth-order valence-corrected chi connectivity index (χ4v) is 2.99. The number of halogens is 2. The summed E-state index contributed by atoms with van der Waals surface area (Å²) in [5.41, 5.74) is 0. The highest BCUT2D eigenvalue weighted by molar-refractivity contribution is 9.09. The molecule has 0 aliphatic rings. The van der Waals surface area contributed by atoms with Gasteiger partial charge < -0.3 is 0 Å². The summed E-state index contributed by atoms with van der Waals surface area (Å²) in [6.45, 7) is 1.72. The standard InChI is InChI=1S/C9H12BrFN2O2S/c1-7(6-10)13(2)16(14,15)9-8(11)4-3-5-12-9/h3-5,7H,6H2,1-2H3. The monoisotopic (exact) mass is 310 g/mol. The molecule has 1 aromatic heterocycles. The van der Waals surface area contributed by atoms with Gasteiger partial charge in [0.2, 0.25) is 5.03 Å². The summed E-state index contributed by atoms with van der Waals surface area (Å²) >= 11 is 3.18. The number of pyridine rings is 1. The van der Waals surface area contributed by atoms with Gasteiger partial charge in [0.1, 0.15) is 0 Å². The molecule has 0 fully saturated rings. The predicted octanol–water partition coefficient (Wildman–Crippen LogP) is 1.62. The average molecular weight is 311 g/mol. The topological polar surface area (TPSA) is 50.3 Å². The van der Waals surface area contributed by atoms with E-state index in [4.69, 9.17) is 0 Å². The van der Waals surface area contributed by atoms with Gasteiger partial charge in [-0.2, -0.15) is 4.31 Å². The largest absolute Gasteiger partial charge is 0.263 e. The van der Waals surface area contributed by atoms with E-state index in [0.29, 0.717) is 5.33 Å². The Morgan fingerprint density at radius 2 is 2.25 bits per heavy atom. The lowest BCUT2D eigenvalue weighted by atomic mass is 10.4. The molecule has 1 atom stereocenters. The molecule has 0 N–H and O–H groups in total. The zero-order valence-corrected chi connectivity index (χ0v) is 11.3. The summed E-state index contributed by atoms with van der Waals surface area (Å²) in [4.78, 5) is 3.57. The van der Waals surface area contributed by atoms with Crippen LogP contribution in [-0.4, -0.2) is 36.1 Å². The Morgan fingerprint density at radius 1 is 1.62 bits per heavy atom. The van der Waals surface area contributed by atoms with Crippen molar-refractivity contribution in [2.75, 3.05) is 12.4 Å². The van der Waals surface area contributed by atoms with E-state index in [2.05, 4.69) is 20.9 Å². The second-order valence-electron chi connectivity index (χ2n) is 3.31. The molecule has 7 heteroatoms. The van der Waals surface area contributed by atoms with Crippen LogP contribution < -0.4 is 0 Å². The first-order chi connectivity index (χ1) is 7.41. The molecule has 0 radical (unpaired) electrons. The van der Waals surface area contributed by atoms with Crippen molar-refractivity contribution in [1.82, 2.24) is 9.29 Å². The van der Waals surface area contributed by atoms with Crippen molar-refractivity contribution in [2.24, 2.45) is 0 Å². The molecular weight excluding hydrogens is 299 g/mol. The van der Waals surface area contributed by atoms with Gasteiger partial charge in [-0.3, -0.25) is 0 Å². The van der Waals surface area contributed by atoms with Crippen LogP contribution in [0.4, 0.5) is 4.39 Å². The summed E-state index contributed by atoms with van der Waals surface area (Å²) in [6, 6.07) is 2.15. The Morgan fingerprint density at radius 3 is 2.75 bits per heavy atom. The fraction of sp³-hybridized carbons (Fsp3) is 0.444. The number of alkyl halides is 1. The van der Waals surface area contributed by atoms with Gasteiger partial charge in [-0.15, -0.1) is 0 Å².